The molecule has 0 aliphatic heterocycles. The van der Waals surface area contributed by atoms with Crippen molar-refractivity contribution in [2.75, 3.05) is 12.4 Å². The largest absolute Gasteiger partial charge is 0.455 e. The van der Waals surface area contributed by atoms with Crippen LogP contribution >= 0.6 is 11.3 Å². The van der Waals surface area contributed by atoms with Gasteiger partial charge in [-0.2, -0.15) is 0 Å². The van der Waals surface area contributed by atoms with Crippen LogP contribution in [0, 0.1) is 5.82 Å². The van der Waals surface area contributed by atoms with E-state index in [2.05, 4.69) is 20.2 Å². The molecule has 12 heteroatoms. The molecule has 2 aromatic carbocycles. The molecule has 3 rings (SSSR count). The third kappa shape index (κ3) is 5.52. The smallest absolute Gasteiger partial charge is 0.341 e. The number of anilines is 1. The molecular weight excluding hydrogens is 459 g/mol. The van der Waals surface area contributed by atoms with E-state index in [0.717, 1.165) is 41.5 Å². The number of carbonyl (C=O) groups is 2. The lowest BCUT2D eigenvalue weighted by Crippen LogP contribution is -2.19. The van der Waals surface area contributed by atoms with Crippen LogP contribution in [-0.4, -0.2) is 37.5 Å². The Hall–Kier alpha value is -3.22. The first-order chi connectivity index (χ1) is 15.2. The summed E-state index contributed by atoms with van der Waals surface area (Å²) in [5, 5.41) is 10.5. The fourth-order valence-electron chi connectivity index (χ4n) is 2.56. The van der Waals surface area contributed by atoms with Gasteiger partial charge in [0.2, 0.25) is 15.0 Å². The minimum Gasteiger partial charge on any atom is -0.455 e. The van der Waals surface area contributed by atoms with E-state index in [-0.39, 0.29) is 21.5 Å². The van der Waals surface area contributed by atoms with Crippen LogP contribution in [-0.2, 0) is 27.8 Å². The Morgan fingerprint density at radius 2 is 1.84 bits per heavy atom. The number of carbonyl (C=O) groups excluding carboxylic acids is 2. The number of nitrogens with zero attached hydrogens (tertiary/aromatic N) is 2. The molecule has 1 amide bonds. The van der Waals surface area contributed by atoms with Gasteiger partial charge in [0, 0.05) is 5.69 Å². The number of hydrogen-bond donors (Lipinski definition) is 2. The molecule has 9 nitrogen and oxygen atoms in total. The number of halogens is 1. The quantitative estimate of drug-likeness (QED) is 0.477. The van der Waals surface area contributed by atoms with Crippen molar-refractivity contribution in [2.45, 2.75) is 24.8 Å². The number of aryl methyl sites for hydroxylation is 1. The fourth-order valence-corrected chi connectivity index (χ4v) is 3.97. The summed E-state index contributed by atoms with van der Waals surface area (Å²) in [6.45, 7) is 1.66. The molecule has 0 unspecified atom stereocenters. The van der Waals surface area contributed by atoms with Crippen LogP contribution in [0.4, 0.5) is 10.1 Å². The summed E-state index contributed by atoms with van der Waals surface area (Å²) in [6, 6.07) is 10.1. The molecule has 0 saturated carbocycles. The predicted molar refractivity (Wildman–Crippen MR) is 115 cm³/mol. The molecule has 0 aliphatic rings. The van der Waals surface area contributed by atoms with Gasteiger partial charge in [0.1, 0.15) is 12.4 Å². The van der Waals surface area contributed by atoms with Gasteiger partial charge < -0.3 is 10.1 Å². The van der Waals surface area contributed by atoms with Crippen LogP contribution in [0.1, 0.15) is 37.7 Å². The first-order valence-corrected chi connectivity index (χ1v) is 11.7. The topological polar surface area (TPSA) is 127 Å². The third-order valence-corrected chi connectivity index (χ3v) is 6.65. The molecule has 0 radical (unpaired) electrons. The molecule has 1 heterocycles. The maximum atomic E-state index is 14.0. The second-order valence-corrected chi connectivity index (χ2v) is 9.38. The second-order valence-electron chi connectivity index (χ2n) is 6.43. The van der Waals surface area contributed by atoms with Gasteiger partial charge in [-0.05, 0) is 49.4 Å². The number of aromatic nitrogens is 2. The number of esters is 1. The highest BCUT2D eigenvalue weighted by Gasteiger charge is 2.20. The van der Waals surface area contributed by atoms with Crippen molar-refractivity contribution < 1.29 is 27.1 Å². The Bertz CT molecular complexity index is 1240. The molecule has 32 heavy (non-hydrogen) atoms. The highest BCUT2D eigenvalue weighted by molar-refractivity contribution is 7.89. The Morgan fingerprint density at radius 1 is 1.12 bits per heavy atom. The molecule has 0 spiro atoms. The summed E-state index contributed by atoms with van der Waals surface area (Å²) in [7, 11) is -2.67. The number of benzene rings is 2. The summed E-state index contributed by atoms with van der Waals surface area (Å²) in [5.74, 6) is -2.48. The highest BCUT2D eigenvalue weighted by Crippen LogP contribution is 2.18. The van der Waals surface area contributed by atoms with Gasteiger partial charge in [-0.25, -0.2) is 22.3 Å². The van der Waals surface area contributed by atoms with Crippen LogP contribution in [0.2, 0.25) is 0 Å². The summed E-state index contributed by atoms with van der Waals surface area (Å²) in [4.78, 5) is 24.3. The van der Waals surface area contributed by atoms with Crippen molar-refractivity contribution in [3.05, 3.63) is 69.4 Å². The fraction of sp³-hybridized carbons (Fsp3) is 0.200. The van der Waals surface area contributed by atoms with Crippen LogP contribution in [0.15, 0.2) is 47.4 Å². The number of hydrogen-bond acceptors (Lipinski definition) is 8. The molecule has 0 fully saturated rings. The summed E-state index contributed by atoms with van der Waals surface area (Å²) in [6.07, 6.45) is 0.881. The maximum absolute atomic E-state index is 14.0. The number of rotatable bonds is 8. The molecule has 168 valence electrons. The van der Waals surface area contributed by atoms with Gasteiger partial charge in [0.15, 0.2) is 5.01 Å². The van der Waals surface area contributed by atoms with E-state index in [1.807, 2.05) is 19.1 Å². The van der Waals surface area contributed by atoms with Crippen molar-refractivity contribution in [1.82, 2.24) is 14.9 Å². The lowest BCUT2D eigenvalue weighted by atomic mass is 10.1. The van der Waals surface area contributed by atoms with E-state index >= 15 is 0 Å². The van der Waals surface area contributed by atoms with Crippen molar-refractivity contribution in [2.24, 2.45) is 0 Å². The Labute approximate surface area is 187 Å². The normalized spacial score (nSPS) is 11.2. The van der Waals surface area contributed by atoms with E-state index < -0.39 is 33.3 Å². The molecule has 0 atom stereocenters. The molecule has 0 saturated heterocycles. The highest BCUT2D eigenvalue weighted by atomic mass is 32.2. The molecular formula is C20H19FN4O5S2. The molecule has 2 N–H and O–H groups in total. The maximum Gasteiger partial charge on any atom is 0.341 e. The van der Waals surface area contributed by atoms with Crippen molar-refractivity contribution in [3.63, 3.8) is 0 Å². The number of sulfonamides is 1. The van der Waals surface area contributed by atoms with E-state index in [0.29, 0.717) is 5.69 Å². The first kappa shape index (κ1) is 23.4. The van der Waals surface area contributed by atoms with Crippen molar-refractivity contribution >= 4 is 38.9 Å². The average molecular weight is 479 g/mol. The van der Waals surface area contributed by atoms with E-state index in [9.17, 15) is 22.4 Å². The lowest BCUT2D eigenvalue weighted by Gasteiger charge is -2.07. The Balaban J connectivity index is 1.64. The van der Waals surface area contributed by atoms with Crippen molar-refractivity contribution in [3.8, 4) is 0 Å². The average Bonchev–Trinajstić information content (AvgIpc) is 3.27. The predicted octanol–water partition coefficient (Wildman–Crippen LogP) is 2.76. The standard InChI is InChI=1S/C20H19FN4O5S2/c1-3-12-4-6-13(7-5-12)23-18(26)19-25-24-17(31-19)11-30-20(27)15-10-14(8-9-16(15)21)32(28,29)22-2/h4-10,22H,3,11H2,1-2H3,(H,23,26). The lowest BCUT2D eigenvalue weighted by molar-refractivity contribution is 0.0466. The van der Waals surface area contributed by atoms with E-state index in [1.165, 1.54) is 7.05 Å². The summed E-state index contributed by atoms with van der Waals surface area (Å²) >= 11 is 0.909. The number of nitrogens with one attached hydrogen (secondary N) is 2. The minimum absolute atomic E-state index is 0.0592. The van der Waals surface area contributed by atoms with E-state index in [1.54, 1.807) is 12.1 Å². The van der Waals surface area contributed by atoms with Gasteiger partial charge in [0.05, 0.1) is 10.5 Å². The SMILES string of the molecule is CCc1ccc(NC(=O)c2nnc(COC(=O)c3cc(S(=O)(=O)NC)ccc3F)s2)cc1. The summed E-state index contributed by atoms with van der Waals surface area (Å²) < 4.78 is 44.8. The zero-order valence-electron chi connectivity index (χ0n) is 17.1. The van der Waals surface area contributed by atoms with Crippen LogP contribution in [0.3, 0.4) is 0 Å². The third-order valence-electron chi connectivity index (χ3n) is 4.34. The Kier molecular flexibility index (Phi) is 7.28. The molecule has 1 aromatic heterocycles. The molecule has 3 aromatic rings. The van der Waals surface area contributed by atoms with Gasteiger partial charge in [-0.15, -0.1) is 10.2 Å². The Morgan fingerprint density at radius 3 is 2.50 bits per heavy atom. The summed E-state index contributed by atoms with van der Waals surface area (Å²) in [5.41, 5.74) is 1.19. The van der Waals surface area contributed by atoms with Crippen LogP contribution < -0.4 is 10.0 Å². The van der Waals surface area contributed by atoms with Crippen LogP contribution in [0.5, 0.6) is 0 Å². The first-order valence-electron chi connectivity index (χ1n) is 9.36. The van der Waals surface area contributed by atoms with Gasteiger partial charge in [0.25, 0.3) is 5.91 Å². The van der Waals surface area contributed by atoms with Crippen molar-refractivity contribution in [1.29, 1.82) is 0 Å². The molecule has 0 bridgehead atoms. The van der Waals surface area contributed by atoms with Gasteiger partial charge >= 0.3 is 5.97 Å². The molecule has 0 aliphatic carbocycles. The second kappa shape index (κ2) is 9.94. The minimum atomic E-state index is -3.86. The van der Waals surface area contributed by atoms with Gasteiger partial charge in [-0.1, -0.05) is 30.4 Å². The van der Waals surface area contributed by atoms with Gasteiger partial charge in [-0.3, -0.25) is 4.79 Å². The number of ether oxygens (including phenoxy) is 1. The van der Waals surface area contributed by atoms with E-state index in [4.69, 9.17) is 4.74 Å². The monoisotopic (exact) mass is 478 g/mol. The number of amides is 1. The zero-order chi connectivity index (χ0) is 23.3. The zero-order valence-corrected chi connectivity index (χ0v) is 18.7. The van der Waals surface area contributed by atoms with Crippen LogP contribution in [0.25, 0.3) is 0 Å².